The molecule has 4 heteroatoms. The first-order chi connectivity index (χ1) is 7.17. The zero-order valence-electron chi connectivity index (χ0n) is 8.43. The minimum Gasteiger partial charge on any atom is -0.492 e. The number of alkyl halides is 1. The van der Waals surface area contributed by atoms with Crippen LogP contribution in [0, 0.1) is 0 Å². The van der Waals surface area contributed by atoms with E-state index in [2.05, 4.69) is 15.9 Å². The summed E-state index contributed by atoms with van der Waals surface area (Å²) >= 11 is 9.06. The molecule has 15 heavy (non-hydrogen) atoms. The number of ether oxygens (including phenoxy) is 1. The van der Waals surface area contributed by atoms with Gasteiger partial charge in [-0.25, -0.2) is 0 Å². The first-order valence-corrected chi connectivity index (χ1v) is 6.16. The van der Waals surface area contributed by atoms with Crippen molar-refractivity contribution in [2.24, 2.45) is 0 Å². The molecule has 0 spiro atoms. The van der Waals surface area contributed by atoms with Crippen LogP contribution in [0.5, 0.6) is 5.75 Å². The molecule has 0 bridgehead atoms. The third-order valence-corrected chi connectivity index (χ3v) is 2.78. The zero-order valence-corrected chi connectivity index (χ0v) is 10.8. The molecule has 0 aliphatic heterocycles. The quantitative estimate of drug-likeness (QED) is 0.779. The lowest BCUT2D eigenvalue weighted by Gasteiger charge is -2.07. The lowest BCUT2D eigenvalue weighted by atomic mass is 10.1. The van der Waals surface area contributed by atoms with Gasteiger partial charge in [0.25, 0.3) is 0 Å². The molecule has 0 aromatic heterocycles. The highest BCUT2D eigenvalue weighted by atomic mass is 79.9. The summed E-state index contributed by atoms with van der Waals surface area (Å²) in [5, 5.41) is 0.950. The Bertz CT molecular complexity index is 352. The molecule has 0 fully saturated rings. The number of carbonyl (C=O) groups excluding carboxylic acids is 1. The Balaban J connectivity index is 2.82. The van der Waals surface area contributed by atoms with Gasteiger partial charge in [0.05, 0.1) is 17.0 Å². The van der Waals surface area contributed by atoms with Gasteiger partial charge in [-0.05, 0) is 24.6 Å². The Kier molecular flexibility index (Phi) is 5.12. The highest BCUT2D eigenvalue weighted by Crippen LogP contribution is 2.25. The number of halogens is 2. The summed E-state index contributed by atoms with van der Waals surface area (Å²) in [6.45, 7) is 2.46. The molecular weight excluding hydrogens is 279 g/mol. The lowest BCUT2D eigenvalue weighted by Crippen LogP contribution is -2.03. The van der Waals surface area contributed by atoms with Gasteiger partial charge in [0, 0.05) is 6.42 Å². The van der Waals surface area contributed by atoms with Crippen LogP contribution in [0.15, 0.2) is 18.2 Å². The Labute approximate surface area is 103 Å². The van der Waals surface area contributed by atoms with Gasteiger partial charge in [-0.1, -0.05) is 33.6 Å². The molecule has 2 nitrogen and oxygen atoms in total. The summed E-state index contributed by atoms with van der Waals surface area (Å²) in [6, 6.07) is 5.40. The fraction of sp³-hybridized carbons (Fsp3) is 0.364. The first kappa shape index (κ1) is 12.5. The second-order valence-corrected chi connectivity index (χ2v) is 4.01. The van der Waals surface area contributed by atoms with Crippen molar-refractivity contribution in [3.8, 4) is 5.75 Å². The van der Waals surface area contributed by atoms with Gasteiger partial charge in [0.1, 0.15) is 11.5 Å². The molecule has 0 amide bonds. The number of ketones is 1. The molecule has 0 N–H and O–H groups in total. The van der Waals surface area contributed by atoms with E-state index in [1.165, 1.54) is 0 Å². The van der Waals surface area contributed by atoms with E-state index < -0.39 is 0 Å². The third kappa shape index (κ3) is 3.84. The second kappa shape index (κ2) is 6.13. The van der Waals surface area contributed by atoms with Gasteiger partial charge in [-0.15, -0.1) is 0 Å². The number of benzene rings is 1. The van der Waals surface area contributed by atoms with E-state index >= 15 is 0 Å². The monoisotopic (exact) mass is 290 g/mol. The van der Waals surface area contributed by atoms with Gasteiger partial charge in [-0.2, -0.15) is 0 Å². The maximum absolute atomic E-state index is 11.2. The van der Waals surface area contributed by atoms with Crippen LogP contribution < -0.4 is 4.74 Å². The topological polar surface area (TPSA) is 26.3 Å². The average molecular weight is 292 g/mol. The molecule has 0 aliphatic rings. The van der Waals surface area contributed by atoms with Crippen LogP contribution in [0.3, 0.4) is 0 Å². The SMILES string of the molecule is CCOc1cc(CC(=O)CBr)ccc1Cl. The molecule has 0 aliphatic carbocycles. The number of hydrogen-bond acceptors (Lipinski definition) is 2. The van der Waals surface area contributed by atoms with E-state index in [0.29, 0.717) is 29.1 Å². The van der Waals surface area contributed by atoms with Gasteiger partial charge >= 0.3 is 0 Å². The van der Waals surface area contributed by atoms with Crippen molar-refractivity contribution < 1.29 is 9.53 Å². The van der Waals surface area contributed by atoms with Crippen LogP contribution in [-0.4, -0.2) is 17.7 Å². The number of rotatable bonds is 5. The molecule has 0 unspecified atom stereocenters. The summed E-state index contributed by atoms with van der Waals surface area (Å²) in [6.07, 6.45) is 0.405. The predicted molar refractivity (Wildman–Crippen MR) is 65.1 cm³/mol. The summed E-state index contributed by atoms with van der Waals surface area (Å²) in [5.74, 6) is 0.777. The first-order valence-electron chi connectivity index (χ1n) is 4.66. The highest BCUT2D eigenvalue weighted by Gasteiger charge is 2.06. The molecule has 0 saturated carbocycles. The van der Waals surface area contributed by atoms with Gasteiger partial charge in [-0.3, -0.25) is 4.79 Å². The second-order valence-electron chi connectivity index (χ2n) is 3.05. The minimum absolute atomic E-state index is 0.139. The Morgan fingerprint density at radius 3 is 2.87 bits per heavy atom. The van der Waals surface area contributed by atoms with E-state index in [1.807, 2.05) is 19.1 Å². The van der Waals surface area contributed by atoms with Crippen molar-refractivity contribution in [3.05, 3.63) is 28.8 Å². The fourth-order valence-electron chi connectivity index (χ4n) is 1.20. The molecular formula is C11H12BrClO2. The van der Waals surface area contributed by atoms with Crippen LogP contribution in [-0.2, 0) is 11.2 Å². The molecule has 1 aromatic carbocycles. The molecule has 82 valence electrons. The molecule has 0 heterocycles. The largest absolute Gasteiger partial charge is 0.492 e. The van der Waals surface area contributed by atoms with Gasteiger partial charge in [0.2, 0.25) is 0 Å². The van der Waals surface area contributed by atoms with Crippen molar-refractivity contribution in [1.29, 1.82) is 0 Å². The van der Waals surface area contributed by atoms with Crippen LogP contribution >= 0.6 is 27.5 Å². The van der Waals surface area contributed by atoms with E-state index in [-0.39, 0.29) is 5.78 Å². The van der Waals surface area contributed by atoms with Crippen molar-refractivity contribution >= 4 is 33.3 Å². The normalized spacial score (nSPS) is 10.1. The summed E-state index contributed by atoms with van der Waals surface area (Å²) < 4.78 is 5.34. The molecule has 0 saturated heterocycles. The zero-order chi connectivity index (χ0) is 11.3. The molecule has 1 rings (SSSR count). The third-order valence-electron chi connectivity index (χ3n) is 1.85. The Morgan fingerprint density at radius 2 is 2.27 bits per heavy atom. The lowest BCUT2D eigenvalue weighted by molar-refractivity contribution is -0.115. The fourth-order valence-corrected chi connectivity index (χ4v) is 1.57. The average Bonchev–Trinajstić information content (AvgIpc) is 2.23. The summed E-state index contributed by atoms with van der Waals surface area (Å²) in [7, 11) is 0. The van der Waals surface area contributed by atoms with Crippen molar-refractivity contribution in [3.63, 3.8) is 0 Å². The maximum atomic E-state index is 11.2. The van der Waals surface area contributed by atoms with E-state index in [4.69, 9.17) is 16.3 Å². The Hall–Kier alpha value is -0.540. The van der Waals surface area contributed by atoms with Crippen LogP contribution in [0.25, 0.3) is 0 Å². The predicted octanol–water partition coefficient (Wildman–Crippen LogP) is 3.25. The van der Waals surface area contributed by atoms with Crippen LogP contribution in [0.4, 0.5) is 0 Å². The van der Waals surface area contributed by atoms with E-state index in [9.17, 15) is 4.79 Å². The number of carbonyl (C=O) groups is 1. The molecule has 0 atom stereocenters. The van der Waals surface area contributed by atoms with Crippen molar-refractivity contribution in [2.75, 3.05) is 11.9 Å². The Morgan fingerprint density at radius 1 is 1.53 bits per heavy atom. The minimum atomic E-state index is 0.139. The smallest absolute Gasteiger partial charge is 0.147 e. The van der Waals surface area contributed by atoms with Gasteiger partial charge < -0.3 is 4.74 Å². The molecule has 0 radical (unpaired) electrons. The highest BCUT2D eigenvalue weighted by molar-refractivity contribution is 9.09. The summed E-state index contributed by atoms with van der Waals surface area (Å²) in [5.41, 5.74) is 0.923. The number of Topliss-reactive ketones (excluding diaryl/α,β-unsaturated/α-hetero) is 1. The van der Waals surface area contributed by atoms with E-state index in [0.717, 1.165) is 5.56 Å². The number of hydrogen-bond donors (Lipinski definition) is 0. The summed E-state index contributed by atoms with van der Waals surface area (Å²) in [4.78, 5) is 11.2. The van der Waals surface area contributed by atoms with Crippen molar-refractivity contribution in [1.82, 2.24) is 0 Å². The van der Waals surface area contributed by atoms with Crippen LogP contribution in [0.2, 0.25) is 5.02 Å². The molecule has 1 aromatic rings. The van der Waals surface area contributed by atoms with Crippen LogP contribution in [0.1, 0.15) is 12.5 Å². The maximum Gasteiger partial charge on any atom is 0.147 e. The van der Waals surface area contributed by atoms with Gasteiger partial charge in [0.15, 0.2) is 0 Å². The van der Waals surface area contributed by atoms with Crippen molar-refractivity contribution in [2.45, 2.75) is 13.3 Å². The van der Waals surface area contributed by atoms with E-state index in [1.54, 1.807) is 6.07 Å². The standard InChI is InChI=1S/C11H12BrClO2/c1-2-15-11-6-8(3-4-10(11)13)5-9(14)7-12/h3-4,6H,2,5,7H2,1H3.